The van der Waals surface area contributed by atoms with Crippen LogP contribution in [0.1, 0.15) is 71.3 Å². The number of fused-ring (bicyclic) bond motifs is 1. The van der Waals surface area contributed by atoms with Crippen LogP contribution in [0.25, 0.3) is 16.9 Å². The Morgan fingerprint density at radius 2 is 1.70 bits per heavy atom. The molecule has 2 aromatic heterocycles. The maximum atomic E-state index is 13.0. The molecule has 5 nitrogen and oxygen atoms in total. The summed E-state index contributed by atoms with van der Waals surface area (Å²) >= 11 is 0. The molecule has 0 amide bonds. The molecule has 3 aromatic rings. The highest BCUT2D eigenvalue weighted by atomic mass is 16.5. The van der Waals surface area contributed by atoms with Crippen molar-refractivity contribution >= 4 is 11.3 Å². The van der Waals surface area contributed by atoms with Gasteiger partial charge in [0.1, 0.15) is 11.4 Å². The number of ether oxygens (including phenoxy) is 1. The van der Waals surface area contributed by atoms with Gasteiger partial charge in [0.15, 0.2) is 0 Å². The summed E-state index contributed by atoms with van der Waals surface area (Å²) in [6.45, 7) is 11.4. The van der Waals surface area contributed by atoms with Gasteiger partial charge in [0.25, 0.3) is 5.56 Å². The Labute approximate surface area is 198 Å². The summed E-state index contributed by atoms with van der Waals surface area (Å²) < 4.78 is 7.59. The van der Waals surface area contributed by atoms with Gasteiger partial charge in [-0.15, -0.1) is 0 Å². The second kappa shape index (κ2) is 12.4. The maximum absolute atomic E-state index is 13.0. The quantitative estimate of drug-likeness (QED) is 0.274. The Bertz CT molecular complexity index is 1090. The van der Waals surface area contributed by atoms with E-state index in [0.29, 0.717) is 11.3 Å². The average molecular weight is 450 g/mol. The van der Waals surface area contributed by atoms with E-state index in [4.69, 9.17) is 9.72 Å². The summed E-state index contributed by atoms with van der Waals surface area (Å²) in [7, 11) is 0. The number of aryl methyl sites for hydroxylation is 1. The monoisotopic (exact) mass is 449 g/mol. The number of rotatable bonds is 13. The van der Waals surface area contributed by atoms with Gasteiger partial charge in [-0.25, -0.2) is 4.98 Å². The molecule has 0 aliphatic rings. The van der Waals surface area contributed by atoms with E-state index < -0.39 is 0 Å². The normalized spacial score (nSPS) is 11.2. The zero-order valence-corrected chi connectivity index (χ0v) is 20.8. The fraction of sp³-hybridized carbons (Fsp3) is 0.500. The molecule has 1 aromatic carbocycles. The second-order valence-corrected chi connectivity index (χ2v) is 8.83. The molecule has 0 spiro atoms. The molecular formula is C28H39N3O2. The van der Waals surface area contributed by atoms with Crippen molar-refractivity contribution in [2.45, 2.75) is 72.6 Å². The summed E-state index contributed by atoms with van der Waals surface area (Å²) in [5.41, 5.74) is 4.38. The highest BCUT2D eigenvalue weighted by Gasteiger charge is 2.11. The van der Waals surface area contributed by atoms with Gasteiger partial charge in [-0.05, 0) is 62.1 Å². The average Bonchev–Trinajstić information content (AvgIpc) is 2.82. The first-order valence-electron chi connectivity index (χ1n) is 12.6. The SMILES string of the molecule is CCCCCOc1ccc(-c2cc(=O)n3cc(N(CCC)CCCCC)ccc3n2)cc1C. The number of anilines is 1. The lowest BCUT2D eigenvalue weighted by molar-refractivity contribution is 0.304. The largest absolute Gasteiger partial charge is 0.493 e. The van der Waals surface area contributed by atoms with Crippen LogP contribution in [0.15, 0.2) is 47.4 Å². The Morgan fingerprint density at radius 1 is 0.909 bits per heavy atom. The predicted octanol–water partition coefficient (Wildman–Crippen LogP) is 6.65. The smallest absolute Gasteiger partial charge is 0.258 e. The van der Waals surface area contributed by atoms with Gasteiger partial charge in [0.2, 0.25) is 0 Å². The van der Waals surface area contributed by atoms with Crippen LogP contribution in [0.4, 0.5) is 5.69 Å². The summed E-state index contributed by atoms with van der Waals surface area (Å²) in [5, 5.41) is 0. The van der Waals surface area contributed by atoms with Crippen molar-refractivity contribution in [3.63, 3.8) is 0 Å². The molecule has 178 valence electrons. The van der Waals surface area contributed by atoms with Crippen molar-refractivity contribution in [2.75, 3.05) is 24.6 Å². The lowest BCUT2D eigenvalue weighted by atomic mass is 10.1. The van der Waals surface area contributed by atoms with Crippen LogP contribution >= 0.6 is 0 Å². The Morgan fingerprint density at radius 3 is 2.42 bits per heavy atom. The highest BCUT2D eigenvalue weighted by molar-refractivity contribution is 5.64. The molecule has 0 radical (unpaired) electrons. The van der Waals surface area contributed by atoms with Crippen molar-refractivity contribution in [1.82, 2.24) is 9.38 Å². The van der Waals surface area contributed by atoms with Gasteiger partial charge in [-0.1, -0.05) is 46.5 Å². The van der Waals surface area contributed by atoms with E-state index in [0.717, 1.165) is 61.5 Å². The van der Waals surface area contributed by atoms with Gasteiger partial charge < -0.3 is 9.64 Å². The molecule has 0 aliphatic carbocycles. The summed E-state index contributed by atoms with van der Waals surface area (Å²) in [5.74, 6) is 0.899. The van der Waals surface area contributed by atoms with Crippen molar-refractivity contribution in [3.05, 3.63) is 58.5 Å². The minimum absolute atomic E-state index is 0.0561. The third kappa shape index (κ3) is 6.59. The van der Waals surface area contributed by atoms with Crippen LogP contribution in [0.5, 0.6) is 5.75 Å². The van der Waals surface area contributed by atoms with Crippen LogP contribution in [0.3, 0.4) is 0 Å². The Hall–Kier alpha value is -2.82. The molecule has 0 bridgehead atoms. The third-order valence-electron chi connectivity index (χ3n) is 6.01. The van der Waals surface area contributed by atoms with Crippen molar-refractivity contribution in [2.24, 2.45) is 0 Å². The maximum Gasteiger partial charge on any atom is 0.258 e. The zero-order valence-electron chi connectivity index (χ0n) is 20.8. The standard InChI is InChI=1S/C28H39N3O2/c1-5-8-10-17-30(16-7-3)24-13-15-27-29-25(20-28(32)31(27)21-24)23-12-14-26(22(4)19-23)33-18-11-9-6-2/h12-15,19-21H,5-11,16-18H2,1-4H3. The van der Waals surface area contributed by atoms with Gasteiger partial charge in [-0.2, -0.15) is 0 Å². The lowest BCUT2D eigenvalue weighted by Crippen LogP contribution is -2.26. The lowest BCUT2D eigenvalue weighted by Gasteiger charge is -2.24. The van der Waals surface area contributed by atoms with E-state index >= 15 is 0 Å². The van der Waals surface area contributed by atoms with E-state index in [2.05, 4.69) is 37.8 Å². The van der Waals surface area contributed by atoms with Crippen LogP contribution < -0.4 is 15.2 Å². The van der Waals surface area contributed by atoms with Crippen molar-refractivity contribution in [3.8, 4) is 17.0 Å². The molecule has 0 saturated heterocycles. The first kappa shape index (κ1) is 24.8. The van der Waals surface area contributed by atoms with E-state index in [1.165, 1.54) is 25.7 Å². The van der Waals surface area contributed by atoms with Crippen molar-refractivity contribution in [1.29, 1.82) is 0 Å². The fourth-order valence-electron chi connectivity index (χ4n) is 4.12. The first-order chi connectivity index (χ1) is 16.1. The van der Waals surface area contributed by atoms with Crippen LogP contribution in [0.2, 0.25) is 0 Å². The molecular weight excluding hydrogens is 410 g/mol. The molecule has 2 heterocycles. The van der Waals surface area contributed by atoms with Crippen LogP contribution in [-0.2, 0) is 0 Å². The molecule has 5 heteroatoms. The second-order valence-electron chi connectivity index (χ2n) is 8.83. The molecule has 0 N–H and O–H groups in total. The molecule has 33 heavy (non-hydrogen) atoms. The number of unbranched alkanes of at least 4 members (excludes halogenated alkanes) is 4. The number of nitrogens with zero attached hydrogens (tertiary/aromatic N) is 3. The molecule has 0 saturated carbocycles. The van der Waals surface area contributed by atoms with Gasteiger partial charge in [0.05, 0.1) is 18.0 Å². The molecule has 0 aliphatic heterocycles. The van der Waals surface area contributed by atoms with Crippen LogP contribution in [-0.4, -0.2) is 29.1 Å². The van der Waals surface area contributed by atoms with E-state index in [-0.39, 0.29) is 5.56 Å². The summed E-state index contributed by atoms with van der Waals surface area (Å²) in [6.07, 6.45) is 10.0. The number of aromatic nitrogens is 2. The molecule has 0 atom stereocenters. The Balaban J connectivity index is 1.84. The first-order valence-corrected chi connectivity index (χ1v) is 12.6. The number of hydrogen-bond acceptors (Lipinski definition) is 4. The van der Waals surface area contributed by atoms with E-state index in [9.17, 15) is 4.79 Å². The molecule has 0 unspecified atom stereocenters. The van der Waals surface area contributed by atoms with E-state index in [1.54, 1.807) is 10.5 Å². The van der Waals surface area contributed by atoms with Gasteiger partial charge in [-0.3, -0.25) is 9.20 Å². The van der Waals surface area contributed by atoms with Gasteiger partial charge in [0, 0.05) is 30.9 Å². The van der Waals surface area contributed by atoms with Crippen LogP contribution in [0, 0.1) is 6.92 Å². The minimum Gasteiger partial charge on any atom is -0.493 e. The van der Waals surface area contributed by atoms with Gasteiger partial charge >= 0.3 is 0 Å². The van der Waals surface area contributed by atoms with E-state index in [1.807, 2.05) is 31.3 Å². The molecule has 3 rings (SSSR count). The third-order valence-corrected chi connectivity index (χ3v) is 6.01. The topological polar surface area (TPSA) is 46.8 Å². The Kier molecular flexibility index (Phi) is 9.35. The number of hydrogen-bond donors (Lipinski definition) is 0. The minimum atomic E-state index is -0.0561. The molecule has 0 fully saturated rings. The fourth-order valence-corrected chi connectivity index (χ4v) is 4.12. The highest BCUT2D eigenvalue weighted by Crippen LogP contribution is 2.25. The summed E-state index contributed by atoms with van der Waals surface area (Å²) in [6, 6.07) is 11.7. The number of pyridine rings is 1. The van der Waals surface area contributed by atoms with Crippen molar-refractivity contribution < 1.29 is 4.74 Å². The predicted molar refractivity (Wildman–Crippen MR) is 139 cm³/mol. The number of benzene rings is 1. The summed E-state index contributed by atoms with van der Waals surface area (Å²) in [4.78, 5) is 20.2. The zero-order chi connectivity index (χ0) is 23.6.